The van der Waals surface area contributed by atoms with Gasteiger partial charge in [0.25, 0.3) is 0 Å². The van der Waals surface area contributed by atoms with E-state index in [4.69, 9.17) is 9.84 Å². The number of halogens is 1. The third-order valence-corrected chi connectivity index (χ3v) is 5.27. The van der Waals surface area contributed by atoms with Crippen molar-refractivity contribution in [1.82, 2.24) is 0 Å². The number of hydrogen-bond donors (Lipinski definition) is 2. The normalized spacial score (nSPS) is 19.0. The summed E-state index contributed by atoms with van der Waals surface area (Å²) < 4.78 is 19.2. The quantitative estimate of drug-likeness (QED) is 0.829. The van der Waals surface area contributed by atoms with Gasteiger partial charge in [0.1, 0.15) is 5.82 Å². The number of aliphatic hydroxyl groups is 1. The lowest BCUT2D eigenvalue weighted by Crippen LogP contribution is -2.45. The van der Waals surface area contributed by atoms with Crippen molar-refractivity contribution < 1.29 is 24.1 Å². The molecule has 1 aromatic rings. The second kappa shape index (κ2) is 7.19. The molecule has 1 aliphatic rings. The van der Waals surface area contributed by atoms with E-state index in [-0.39, 0.29) is 11.5 Å². The van der Waals surface area contributed by atoms with Gasteiger partial charge < -0.3 is 14.9 Å². The fraction of sp³-hybridized carbons (Fsp3) is 0.632. The molecule has 134 valence electrons. The predicted octanol–water partition coefficient (Wildman–Crippen LogP) is 3.76. The predicted molar refractivity (Wildman–Crippen MR) is 89.8 cm³/mol. The molecule has 2 N–H and O–H groups in total. The molecule has 1 aromatic carbocycles. The highest BCUT2D eigenvalue weighted by atomic mass is 19.1. The number of ether oxygens (including phenoxy) is 1. The number of carboxylic acids is 1. The topological polar surface area (TPSA) is 66.8 Å². The molecule has 0 saturated carbocycles. The van der Waals surface area contributed by atoms with Crippen molar-refractivity contribution >= 4 is 5.97 Å². The van der Waals surface area contributed by atoms with Gasteiger partial charge in [-0.05, 0) is 60.8 Å². The van der Waals surface area contributed by atoms with Crippen LogP contribution in [-0.2, 0) is 10.2 Å². The molecule has 2 rings (SSSR count). The molecule has 0 spiro atoms. The summed E-state index contributed by atoms with van der Waals surface area (Å²) in [6, 6.07) is 3.89. The standard InChI is InChI=1S/C19H27FO4/c1-4-19(23,14-5-7-24-8-6-14)12-18(2,3)15-9-13(17(21)22)10-16(20)11-15/h9-11,14,23H,4-8,12H2,1-3H3,(H,21,22). The lowest BCUT2D eigenvalue weighted by molar-refractivity contribution is -0.0828. The average molecular weight is 338 g/mol. The minimum Gasteiger partial charge on any atom is -0.478 e. The molecule has 0 aromatic heterocycles. The first-order chi connectivity index (χ1) is 11.2. The molecule has 0 aliphatic carbocycles. The molecule has 0 amide bonds. The van der Waals surface area contributed by atoms with Crippen LogP contribution in [0.5, 0.6) is 0 Å². The Kier molecular flexibility index (Phi) is 5.66. The van der Waals surface area contributed by atoms with E-state index in [1.54, 1.807) is 0 Å². The van der Waals surface area contributed by atoms with Gasteiger partial charge in [0, 0.05) is 13.2 Å². The minimum absolute atomic E-state index is 0.0656. The van der Waals surface area contributed by atoms with Crippen LogP contribution in [0, 0.1) is 11.7 Å². The largest absolute Gasteiger partial charge is 0.478 e. The van der Waals surface area contributed by atoms with Crippen LogP contribution in [0.2, 0.25) is 0 Å². The lowest BCUT2D eigenvalue weighted by Gasteiger charge is -2.43. The number of hydrogen-bond acceptors (Lipinski definition) is 3. The van der Waals surface area contributed by atoms with Gasteiger partial charge in [-0.2, -0.15) is 0 Å². The van der Waals surface area contributed by atoms with Crippen LogP contribution in [0.1, 0.15) is 62.4 Å². The molecule has 1 unspecified atom stereocenters. The van der Waals surface area contributed by atoms with Gasteiger partial charge in [-0.1, -0.05) is 20.8 Å². The van der Waals surface area contributed by atoms with Crippen LogP contribution in [0.25, 0.3) is 0 Å². The van der Waals surface area contributed by atoms with Gasteiger partial charge in [0.2, 0.25) is 0 Å². The Labute approximate surface area is 142 Å². The summed E-state index contributed by atoms with van der Waals surface area (Å²) in [5, 5.41) is 20.4. The van der Waals surface area contributed by atoms with Crippen molar-refractivity contribution in [1.29, 1.82) is 0 Å². The number of benzene rings is 1. The summed E-state index contributed by atoms with van der Waals surface area (Å²) in [4.78, 5) is 11.2. The van der Waals surface area contributed by atoms with Crippen LogP contribution < -0.4 is 0 Å². The Morgan fingerprint density at radius 2 is 1.92 bits per heavy atom. The van der Waals surface area contributed by atoms with E-state index in [2.05, 4.69) is 0 Å². The van der Waals surface area contributed by atoms with E-state index < -0.39 is 22.8 Å². The fourth-order valence-corrected chi connectivity index (χ4v) is 3.76. The number of rotatable bonds is 6. The first kappa shape index (κ1) is 18.9. The number of carbonyl (C=O) groups is 1. The summed E-state index contributed by atoms with van der Waals surface area (Å²) in [6.07, 6.45) is 2.67. The zero-order valence-corrected chi connectivity index (χ0v) is 14.6. The van der Waals surface area contributed by atoms with E-state index in [1.807, 2.05) is 20.8 Å². The molecular formula is C19H27FO4. The van der Waals surface area contributed by atoms with Crippen molar-refractivity contribution in [3.63, 3.8) is 0 Å². The van der Waals surface area contributed by atoms with E-state index in [9.17, 15) is 14.3 Å². The minimum atomic E-state index is -1.15. The maximum absolute atomic E-state index is 13.8. The third kappa shape index (κ3) is 4.14. The molecule has 4 nitrogen and oxygen atoms in total. The Morgan fingerprint density at radius 3 is 2.46 bits per heavy atom. The second-order valence-electron chi connectivity index (χ2n) is 7.44. The van der Waals surface area contributed by atoms with Crippen molar-refractivity contribution in [2.45, 2.75) is 57.5 Å². The highest BCUT2D eigenvalue weighted by Crippen LogP contribution is 2.41. The van der Waals surface area contributed by atoms with Gasteiger partial charge in [0.15, 0.2) is 0 Å². The molecule has 5 heteroatoms. The van der Waals surface area contributed by atoms with Crippen molar-refractivity contribution in [2.75, 3.05) is 13.2 Å². The fourth-order valence-electron chi connectivity index (χ4n) is 3.76. The molecular weight excluding hydrogens is 311 g/mol. The lowest BCUT2D eigenvalue weighted by atomic mass is 9.68. The maximum Gasteiger partial charge on any atom is 0.335 e. The summed E-state index contributed by atoms with van der Waals surface area (Å²) in [7, 11) is 0. The van der Waals surface area contributed by atoms with Crippen LogP contribution in [0.3, 0.4) is 0 Å². The van der Waals surface area contributed by atoms with E-state index in [0.29, 0.717) is 31.6 Å². The van der Waals surface area contributed by atoms with Gasteiger partial charge in [-0.25, -0.2) is 9.18 Å². The molecule has 1 saturated heterocycles. The zero-order chi connectivity index (χ0) is 18.0. The summed E-state index contributed by atoms with van der Waals surface area (Å²) in [5.41, 5.74) is -0.888. The van der Waals surface area contributed by atoms with Crippen LogP contribution >= 0.6 is 0 Å². The van der Waals surface area contributed by atoms with Crippen molar-refractivity contribution in [3.05, 3.63) is 35.1 Å². The second-order valence-corrected chi connectivity index (χ2v) is 7.44. The SMILES string of the molecule is CCC(O)(CC(C)(C)c1cc(F)cc(C(=O)O)c1)C1CCOCC1. The Hall–Kier alpha value is -1.46. The number of carboxylic acid groups (broad SMARTS) is 1. The Morgan fingerprint density at radius 1 is 1.29 bits per heavy atom. The van der Waals surface area contributed by atoms with Gasteiger partial charge >= 0.3 is 5.97 Å². The smallest absolute Gasteiger partial charge is 0.335 e. The molecule has 0 radical (unpaired) electrons. The summed E-state index contributed by atoms with van der Waals surface area (Å²) in [6.45, 7) is 7.10. The highest BCUT2D eigenvalue weighted by Gasteiger charge is 2.41. The molecule has 1 atom stereocenters. The van der Waals surface area contributed by atoms with E-state index in [1.165, 1.54) is 12.1 Å². The van der Waals surface area contributed by atoms with Gasteiger partial charge in [-0.15, -0.1) is 0 Å². The van der Waals surface area contributed by atoms with E-state index in [0.717, 1.165) is 18.9 Å². The average Bonchev–Trinajstić information content (AvgIpc) is 2.54. The van der Waals surface area contributed by atoms with Gasteiger partial charge in [-0.3, -0.25) is 0 Å². The summed E-state index contributed by atoms with van der Waals surface area (Å²) in [5.74, 6) is -1.58. The van der Waals surface area contributed by atoms with Crippen LogP contribution in [-0.4, -0.2) is 35.0 Å². The molecule has 24 heavy (non-hydrogen) atoms. The Bertz CT molecular complexity index is 593. The first-order valence-corrected chi connectivity index (χ1v) is 8.52. The van der Waals surface area contributed by atoms with Crippen molar-refractivity contribution in [2.24, 2.45) is 5.92 Å². The van der Waals surface area contributed by atoms with Crippen LogP contribution in [0.4, 0.5) is 4.39 Å². The first-order valence-electron chi connectivity index (χ1n) is 8.52. The molecule has 1 heterocycles. The van der Waals surface area contributed by atoms with Crippen LogP contribution in [0.15, 0.2) is 18.2 Å². The third-order valence-electron chi connectivity index (χ3n) is 5.27. The Balaban J connectivity index is 2.30. The summed E-state index contributed by atoms with van der Waals surface area (Å²) >= 11 is 0. The maximum atomic E-state index is 13.8. The molecule has 1 aliphatic heterocycles. The monoisotopic (exact) mass is 338 g/mol. The molecule has 1 fully saturated rings. The zero-order valence-electron chi connectivity index (χ0n) is 14.6. The van der Waals surface area contributed by atoms with Gasteiger partial charge in [0.05, 0.1) is 11.2 Å². The molecule has 0 bridgehead atoms. The van der Waals surface area contributed by atoms with Crippen molar-refractivity contribution in [3.8, 4) is 0 Å². The highest BCUT2D eigenvalue weighted by molar-refractivity contribution is 5.87. The van der Waals surface area contributed by atoms with E-state index >= 15 is 0 Å². The number of aromatic carboxylic acids is 1.